The van der Waals surface area contributed by atoms with E-state index in [1.807, 2.05) is 13.8 Å². The molecule has 1 unspecified atom stereocenters. The summed E-state index contributed by atoms with van der Waals surface area (Å²) in [5.41, 5.74) is 1.53. The third-order valence-electron chi connectivity index (χ3n) is 3.37. The van der Waals surface area contributed by atoms with Gasteiger partial charge in [0.1, 0.15) is 0 Å². The molecule has 0 heterocycles. The maximum Gasteiger partial charge on any atom is 0.308 e. The molecule has 0 aromatic carbocycles. The van der Waals surface area contributed by atoms with Gasteiger partial charge in [-0.3, -0.25) is 4.79 Å². The summed E-state index contributed by atoms with van der Waals surface area (Å²) in [5, 5.41) is 0. The van der Waals surface area contributed by atoms with Gasteiger partial charge in [0.25, 0.3) is 0 Å². The Kier molecular flexibility index (Phi) is 4.34. The molecular formula is C14H22O2. The van der Waals surface area contributed by atoms with E-state index in [0.29, 0.717) is 6.61 Å². The smallest absolute Gasteiger partial charge is 0.308 e. The molecule has 90 valence electrons. The Bertz CT molecular complexity index is 313. The summed E-state index contributed by atoms with van der Waals surface area (Å²) in [7, 11) is 0. The van der Waals surface area contributed by atoms with Crippen molar-refractivity contribution in [1.29, 1.82) is 0 Å². The lowest BCUT2D eigenvalue weighted by atomic mass is 9.75. The molecule has 0 aliphatic heterocycles. The molecule has 1 rings (SSSR count). The highest BCUT2D eigenvalue weighted by Gasteiger charge is 2.26. The van der Waals surface area contributed by atoms with E-state index in [-0.39, 0.29) is 17.3 Å². The predicted molar refractivity (Wildman–Crippen MR) is 66.0 cm³/mol. The number of allylic oxidation sites excluding steroid dienone is 4. The molecule has 0 amide bonds. The van der Waals surface area contributed by atoms with Crippen LogP contribution in [0, 0.1) is 11.3 Å². The SMILES string of the molecule is CC1=CC=CCC1(C)CCOC(=O)C(C)C. The minimum Gasteiger partial charge on any atom is -0.465 e. The Balaban J connectivity index is 2.41. The number of rotatable bonds is 4. The van der Waals surface area contributed by atoms with Gasteiger partial charge in [0.15, 0.2) is 0 Å². The van der Waals surface area contributed by atoms with Crippen LogP contribution in [0.25, 0.3) is 0 Å². The minimum absolute atomic E-state index is 0.0318. The van der Waals surface area contributed by atoms with Crippen molar-refractivity contribution in [3.63, 3.8) is 0 Å². The molecular weight excluding hydrogens is 200 g/mol. The third-order valence-corrected chi connectivity index (χ3v) is 3.37. The second kappa shape index (κ2) is 5.33. The van der Waals surface area contributed by atoms with Crippen molar-refractivity contribution < 1.29 is 9.53 Å². The summed E-state index contributed by atoms with van der Waals surface area (Å²) >= 11 is 0. The Morgan fingerprint density at radius 3 is 2.81 bits per heavy atom. The van der Waals surface area contributed by atoms with Crippen molar-refractivity contribution in [2.45, 2.75) is 40.5 Å². The highest BCUT2D eigenvalue weighted by Crippen LogP contribution is 2.37. The number of hydrogen-bond donors (Lipinski definition) is 0. The summed E-state index contributed by atoms with van der Waals surface area (Å²) in [5.74, 6) is -0.132. The lowest BCUT2D eigenvalue weighted by molar-refractivity contribution is -0.147. The molecule has 0 spiro atoms. The lowest BCUT2D eigenvalue weighted by Crippen LogP contribution is -2.23. The molecule has 2 heteroatoms. The van der Waals surface area contributed by atoms with Gasteiger partial charge in [-0.25, -0.2) is 0 Å². The molecule has 0 radical (unpaired) electrons. The normalized spacial score (nSPS) is 24.4. The third kappa shape index (κ3) is 3.22. The van der Waals surface area contributed by atoms with Crippen LogP contribution in [0.5, 0.6) is 0 Å². The average Bonchev–Trinajstić information content (AvgIpc) is 2.22. The van der Waals surface area contributed by atoms with Gasteiger partial charge in [-0.2, -0.15) is 0 Å². The molecule has 0 fully saturated rings. The van der Waals surface area contributed by atoms with Crippen LogP contribution in [0.15, 0.2) is 23.8 Å². The molecule has 2 nitrogen and oxygen atoms in total. The molecule has 1 aliphatic carbocycles. The first kappa shape index (κ1) is 13.0. The largest absolute Gasteiger partial charge is 0.465 e. The van der Waals surface area contributed by atoms with Gasteiger partial charge in [-0.1, -0.05) is 44.6 Å². The van der Waals surface area contributed by atoms with E-state index >= 15 is 0 Å². The summed E-state index contributed by atoms with van der Waals surface area (Å²) in [4.78, 5) is 11.3. The van der Waals surface area contributed by atoms with Gasteiger partial charge >= 0.3 is 5.97 Å². The molecule has 0 bridgehead atoms. The van der Waals surface area contributed by atoms with Crippen molar-refractivity contribution in [2.24, 2.45) is 11.3 Å². The quantitative estimate of drug-likeness (QED) is 0.681. The highest BCUT2D eigenvalue weighted by atomic mass is 16.5. The standard InChI is InChI=1S/C14H22O2/c1-11(2)13(15)16-10-9-14(4)8-6-5-7-12(14)3/h5-7,11H,8-10H2,1-4H3. The molecule has 0 saturated heterocycles. The fraction of sp³-hybridized carbons (Fsp3) is 0.643. The molecule has 0 aromatic heterocycles. The summed E-state index contributed by atoms with van der Waals surface area (Å²) in [6.07, 6.45) is 8.36. The van der Waals surface area contributed by atoms with Gasteiger partial charge < -0.3 is 4.74 Å². The van der Waals surface area contributed by atoms with Gasteiger partial charge in [0.2, 0.25) is 0 Å². The fourth-order valence-electron chi connectivity index (χ4n) is 1.75. The van der Waals surface area contributed by atoms with Crippen LogP contribution in [-0.2, 0) is 9.53 Å². The van der Waals surface area contributed by atoms with E-state index in [1.54, 1.807) is 0 Å². The first-order valence-corrected chi connectivity index (χ1v) is 5.96. The van der Waals surface area contributed by atoms with E-state index in [1.165, 1.54) is 5.57 Å². The maximum absolute atomic E-state index is 11.3. The van der Waals surface area contributed by atoms with Gasteiger partial charge in [0.05, 0.1) is 12.5 Å². The molecule has 1 atom stereocenters. The molecule has 1 aliphatic rings. The second-order valence-electron chi connectivity index (χ2n) is 5.11. The maximum atomic E-state index is 11.3. The van der Waals surface area contributed by atoms with Crippen molar-refractivity contribution >= 4 is 5.97 Å². The Labute approximate surface area is 98.4 Å². The second-order valence-corrected chi connectivity index (χ2v) is 5.11. The van der Waals surface area contributed by atoms with Crippen molar-refractivity contribution in [1.82, 2.24) is 0 Å². The van der Waals surface area contributed by atoms with Gasteiger partial charge in [-0.15, -0.1) is 0 Å². The Morgan fingerprint density at radius 2 is 2.25 bits per heavy atom. The van der Waals surface area contributed by atoms with E-state index < -0.39 is 0 Å². The fourth-order valence-corrected chi connectivity index (χ4v) is 1.75. The first-order valence-electron chi connectivity index (χ1n) is 5.96. The number of ether oxygens (including phenoxy) is 1. The van der Waals surface area contributed by atoms with Crippen molar-refractivity contribution in [3.8, 4) is 0 Å². The number of carbonyl (C=O) groups is 1. The topological polar surface area (TPSA) is 26.3 Å². The molecule has 0 saturated carbocycles. The van der Waals surface area contributed by atoms with E-state index in [4.69, 9.17) is 4.74 Å². The number of carbonyl (C=O) groups excluding carboxylic acids is 1. The molecule has 0 N–H and O–H groups in total. The Hall–Kier alpha value is -1.05. The zero-order chi connectivity index (χ0) is 12.2. The molecule has 16 heavy (non-hydrogen) atoms. The van der Waals surface area contributed by atoms with Crippen molar-refractivity contribution in [2.75, 3.05) is 6.61 Å². The van der Waals surface area contributed by atoms with Crippen LogP contribution < -0.4 is 0 Å². The zero-order valence-corrected chi connectivity index (χ0v) is 10.7. The van der Waals surface area contributed by atoms with E-state index in [0.717, 1.165) is 12.8 Å². The van der Waals surface area contributed by atoms with Crippen LogP contribution in [0.1, 0.15) is 40.5 Å². The Morgan fingerprint density at radius 1 is 1.56 bits per heavy atom. The van der Waals surface area contributed by atoms with E-state index in [2.05, 4.69) is 32.1 Å². The van der Waals surface area contributed by atoms with Crippen LogP contribution in [-0.4, -0.2) is 12.6 Å². The zero-order valence-electron chi connectivity index (χ0n) is 10.7. The van der Waals surface area contributed by atoms with Crippen LogP contribution >= 0.6 is 0 Å². The first-order chi connectivity index (χ1) is 7.46. The lowest BCUT2D eigenvalue weighted by Gasteiger charge is -2.31. The average molecular weight is 222 g/mol. The van der Waals surface area contributed by atoms with Crippen molar-refractivity contribution in [3.05, 3.63) is 23.8 Å². The van der Waals surface area contributed by atoms with Gasteiger partial charge in [0, 0.05) is 0 Å². The minimum atomic E-state index is -0.100. The summed E-state index contributed by atoms with van der Waals surface area (Å²) in [6.45, 7) is 8.61. The summed E-state index contributed by atoms with van der Waals surface area (Å²) in [6, 6.07) is 0. The van der Waals surface area contributed by atoms with E-state index in [9.17, 15) is 4.79 Å². The monoisotopic (exact) mass is 222 g/mol. The number of esters is 1. The van der Waals surface area contributed by atoms with Crippen LogP contribution in [0.3, 0.4) is 0 Å². The highest BCUT2D eigenvalue weighted by molar-refractivity contribution is 5.71. The summed E-state index contributed by atoms with van der Waals surface area (Å²) < 4.78 is 5.23. The van der Waals surface area contributed by atoms with Crippen LogP contribution in [0.4, 0.5) is 0 Å². The molecule has 0 aromatic rings. The van der Waals surface area contributed by atoms with Crippen LogP contribution in [0.2, 0.25) is 0 Å². The predicted octanol–water partition coefficient (Wildman–Crippen LogP) is 3.49. The number of hydrogen-bond acceptors (Lipinski definition) is 2. The van der Waals surface area contributed by atoms with Gasteiger partial charge in [-0.05, 0) is 25.2 Å².